The number of hydrogen-bond donors (Lipinski definition) is 3. The number of fused-ring (bicyclic) bond motifs is 1. The Labute approximate surface area is 152 Å². The van der Waals surface area contributed by atoms with Crippen LogP contribution in [0.5, 0.6) is 0 Å². The van der Waals surface area contributed by atoms with Gasteiger partial charge < -0.3 is 15.5 Å². The van der Waals surface area contributed by atoms with E-state index in [1.165, 1.54) is 30.3 Å². The van der Waals surface area contributed by atoms with Gasteiger partial charge >= 0.3 is 11.9 Å². The van der Waals surface area contributed by atoms with Gasteiger partial charge in [-0.15, -0.1) is 0 Å². The van der Waals surface area contributed by atoms with Gasteiger partial charge in [0.1, 0.15) is 6.54 Å². The molecule has 8 nitrogen and oxygen atoms in total. The molecule has 3 N–H and O–H groups in total. The lowest BCUT2D eigenvalue weighted by Gasteiger charge is -2.08. The predicted octanol–water partition coefficient (Wildman–Crippen LogP) is 1.25. The number of carbonyl (C=O) groups is 5. The molecule has 0 spiro atoms. The Morgan fingerprint density at radius 3 is 2.11 bits per heavy atom. The second kappa shape index (κ2) is 6.83. The number of rotatable bonds is 5. The molecule has 27 heavy (non-hydrogen) atoms. The molecule has 0 aliphatic heterocycles. The van der Waals surface area contributed by atoms with E-state index in [-0.39, 0.29) is 16.7 Å². The fourth-order valence-corrected chi connectivity index (χ4v) is 2.98. The molecule has 0 heterocycles. The summed E-state index contributed by atoms with van der Waals surface area (Å²) in [5.74, 6) is -6.38. The number of Topliss-reactive ketones (excluding diaryl/α,β-unsaturated/α-hetero) is 2. The highest BCUT2D eigenvalue weighted by atomic mass is 16.4. The third kappa shape index (κ3) is 3.20. The molecule has 0 saturated carbocycles. The second-order valence-electron chi connectivity index (χ2n) is 5.88. The zero-order valence-electron chi connectivity index (χ0n) is 13.8. The summed E-state index contributed by atoms with van der Waals surface area (Å²) in [5.41, 5.74) is 1.14. The maximum atomic E-state index is 12.7. The SMILES string of the molecule is O=C(O)CNC(=O)C1C(=O)c2cccc(-c3ccc(C(=O)O)cc3)c2C1=O. The van der Waals surface area contributed by atoms with Crippen LogP contribution in [0.3, 0.4) is 0 Å². The van der Waals surface area contributed by atoms with E-state index in [9.17, 15) is 24.0 Å². The van der Waals surface area contributed by atoms with E-state index < -0.39 is 41.9 Å². The summed E-state index contributed by atoms with van der Waals surface area (Å²) in [6, 6.07) is 10.3. The van der Waals surface area contributed by atoms with E-state index in [2.05, 4.69) is 5.32 Å². The lowest BCUT2D eigenvalue weighted by Crippen LogP contribution is -2.39. The van der Waals surface area contributed by atoms with E-state index in [1.54, 1.807) is 12.1 Å². The molecule has 1 unspecified atom stereocenters. The van der Waals surface area contributed by atoms with Crippen LogP contribution in [0.2, 0.25) is 0 Å². The quantitative estimate of drug-likeness (QED) is 0.676. The van der Waals surface area contributed by atoms with Crippen LogP contribution >= 0.6 is 0 Å². The summed E-state index contributed by atoms with van der Waals surface area (Å²) in [5, 5.41) is 19.7. The standard InChI is InChI=1S/C19H13NO7/c21-13(22)8-20-18(25)15-16(23)12-3-1-2-11(14(12)17(15)24)9-4-6-10(7-5-9)19(26)27/h1-7,15H,8H2,(H,20,25)(H,21,22)(H,26,27). The monoisotopic (exact) mass is 367 g/mol. The van der Waals surface area contributed by atoms with Gasteiger partial charge in [-0.1, -0.05) is 30.3 Å². The molecule has 2 aromatic rings. The van der Waals surface area contributed by atoms with Crippen LogP contribution in [0.25, 0.3) is 11.1 Å². The minimum atomic E-state index is -1.63. The fraction of sp³-hybridized carbons (Fsp3) is 0.105. The fourth-order valence-electron chi connectivity index (χ4n) is 2.98. The van der Waals surface area contributed by atoms with Crippen LogP contribution in [0.4, 0.5) is 0 Å². The number of carboxylic acid groups (broad SMARTS) is 2. The normalized spacial score (nSPS) is 15.3. The molecule has 2 aromatic carbocycles. The van der Waals surface area contributed by atoms with Crippen molar-refractivity contribution < 1.29 is 34.2 Å². The number of carbonyl (C=O) groups excluding carboxylic acids is 3. The van der Waals surface area contributed by atoms with Crippen LogP contribution in [-0.4, -0.2) is 46.2 Å². The highest BCUT2D eigenvalue weighted by Crippen LogP contribution is 2.35. The van der Waals surface area contributed by atoms with Gasteiger partial charge in [-0.3, -0.25) is 19.2 Å². The first-order valence-corrected chi connectivity index (χ1v) is 7.86. The number of amides is 1. The summed E-state index contributed by atoms with van der Waals surface area (Å²) in [6.45, 7) is -0.699. The summed E-state index contributed by atoms with van der Waals surface area (Å²) < 4.78 is 0. The van der Waals surface area contributed by atoms with Gasteiger partial charge in [0.25, 0.3) is 0 Å². The third-order valence-electron chi connectivity index (χ3n) is 4.22. The van der Waals surface area contributed by atoms with Crippen molar-refractivity contribution in [3.63, 3.8) is 0 Å². The number of benzene rings is 2. The van der Waals surface area contributed by atoms with Crippen molar-refractivity contribution in [3.8, 4) is 11.1 Å². The molecular formula is C19H13NO7. The number of carboxylic acids is 2. The average Bonchev–Trinajstić information content (AvgIpc) is 2.90. The molecule has 0 fully saturated rings. The minimum absolute atomic E-state index is 0.0691. The highest BCUT2D eigenvalue weighted by molar-refractivity contribution is 6.36. The molecule has 0 aromatic heterocycles. The van der Waals surface area contributed by atoms with Crippen molar-refractivity contribution in [3.05, 3.63) is 59.2 Å². The van der Waals surface area contributed by atoms with Crippen molar-refractivity contribution in [2.45, 2.75) is 0 Å². The molecule has 1 atom stereocenters. The van der Waals surface area contributed by atoms with Crippen LogP contribution in [0, 0.1) is 5.92 Å². The number of aliphatic carboxylic acids is 1. The van der Waals surface area contributed by atoms with Crippen LogP contribution in [-0.2, 0) is 9.59 Å². The Kier molecular flexibility index (Phi) is 4.55. The lowest BCUT2D eigenvalue weighted by atomic mass is 9.95. The van der Waals surface area contributed by atoms with Crippen LogP contribution in [0.15, 0.2) is 42.5 Å². The van der Waals surface area contributed by atoms with Crippen molar-refractivity contribution in [1.82, 2.24) is 5.32 Å². The number of ketones is 2. The minimum Gasteiger partial charge on any atom is -0.480 e. The molecule has 0 saturated heterocycles. The molecule has 1 aliphatic rings. The second-order valence-corrected chi connectivity index (χ2v) is 5.88. The maximum absolute atomic E-state index is 12.7. The average molecular weight is 367 g/mol. The smallest absolute Gasteiger partial charge is 0.335 e. The number of hydrogen-bond acceptors (Lipinski definition) is 5. The first-order chi connectivity index (χ1) is 12.8. The van der Waals surface area contributed by atoms with E-state index in [0.717, 1.165) is 0 Å². The Morgan fingerprint density at radius 1 is 0.889 bits per heavy atom. The van der Waals surface area contributed by atoms with Crippen molar-refractivity contribution >= 4 is 29.4 Å². The molecule has 3 rings (SSSR count). The summed E-state index contributed by atoms with van der Waals surface area (Å²) >= 11 is 0. The van der Waals surface area contributed by atoms with Crippen LogP contribution < -0.4 is 5.32 Å². The maximum Gasteiger partial charge on any atom is 0.335 e. The molecule has 136 valence electrons. The Bertz CT molecular complexity index is 992. The van der Waals surface area contributed by atoms with Gasteiger partial charge in [0.2, 0.25) is 5.91 Å². The van der Waals surface area contributed by atoms with E-state index >= 15 is 0 Å². The number of nitrogens with one attached hydrogen (secondary N) is 1. The Hall–Kier alpha value is -3.81. The van der Waals surface area contributed by atoms with E-state index in [1.807, 2.05) is 0 Å². The number of aromatic carboxylic acids is 1. The zero-order valence-corrected chi connectivity index (χ0v) is 13.8. The largest absolute Gasteiger partial charge is 0.480 e. The van der Waals surface area contributed by atoms with Crippen molar-refractivity contribution in [1.29, 1.82) is 0 Å². The molecular weight excluding hydrogens is 354 g/mol. The summed E-state index contributed by atoms with van der Waals surface area (Å²) in [6.07, 6.45) is 0. The van der Waals surface area contributed by atoms with E-state index in [0.29, 0.717) is 11.1 Å². The first-order valence-electron chi connectivity index (χ1n) is 7.86. The van der Waals surface area contributed by atoms with Gasteiger partial charge in [-0.2, -0.15) is 0 Å². The molecule has 0 radical (unpaired) electrons. The van der Waals surface area contributed by atoms with Crippen molar-refractivity contribution in [2.24, 2.45) is 5.92 Å². The molecule has 1 aliphatic carbocycles. The van der Waals surface area contributed by atoms with Gasteiger partial charge in [0.15, 0.2) is 17.5 Å². The van der Waals surface area contributed by atoms with Gasteiger partial charge in [0.05, 0.1) is 5.56 Å². The highest BCUT2D eigenvalue weighted by Gasteiger charge is 2.44. The molecule has 1 amide bonds. The first kappa shape index (κ1) is 18.0. The topological polar surface area (TPSA) is 138 Å². The van der Waals surface area contributed by atoms with Gasteiger partial charge in [-0.05, 0) is 23.3 Å². The lowest BCUT2D eigenvalue weighted by molar-refractivity contribution is -0.138. The molecule has 0 bridgehead atoms. The van der Waals surface area contributed by atoms with Crippen molar-refractivity contribution in [2.75, 3.05) is 6.54 Å². The third-order valence-corrected chi connectivity index (χ3v) is 4.22. The Balaban J connectivity index is 1.99. The zero-order chi connectivity index (χ0) is 19.7. The van der Waals surface area contributed by atoms with Gasteiger partial charge in [-0.25, -0.2) is 4.79 Å². The van der Waals surface area contributed by atoms with Crippen LogP contribution in [0.1, 0.15) is 31.1 Å². The van der Waals surface area contributed by atoms with Gasteiger partial charge in [0, 0.05) is 11.1 Å². The summed E-state index contributed by atoms with van der Waals surface area (Å²) in [4.78, 5) is 58.9. The predicted molar refractivity (Wildman–Crippen MR) is 91.6 cm³/mol. The summed E-state index contributed by atoms with van der Waals surface area (Å²) in [7, 11) is 0. The van der Waals surface area contributed by atoms with E-state index in [4.69, 9.17) is 10.2 Å². The Morgan fingerprint density at radius 2 is 1.52 bits per heavy atom. The molecule has 8 heteroatoms.